The Morgan fingerprint density at radius 2 is 1.69 bits per heavy atom. The minimum Gasteiger partial charge on any atom is -0.452 e. The lowest BCUT2D eigenvalue weighted by atomic mass is 10.0. The molecule has 0 aromatic heterocycles. The van der Waals surface area contributed by atoms with Crippen LogP contribution in [0.2, 0.25) is 0 Å². The lowest BCUT2D eigenvalue weighted by Gasteiger charge is -2.19. The highest BCUT2D eigenvalue weighted by atomic mass is 32.2. The van der Waals surface area contributed by atoms with Gasteiger partial charge in [-0.3, -0.25) is 9.59 Å². The Kier molecular flexibility index (Phi) is 7.47. The van der Waals surface area contributed by atoms with Crippen molar-refractivity contribution in [1.82, 2.24) is 10.2 Å². The molecule has 1 aliphatic heterocycles. The van der Waals surface area contributed by atoms with Gasteiger partial charge in [0.25, 0.3) is 5.91 Å². The Balaban J connectivity index is 1.31. The molecule has 1 aliphatic carbocycles. The first-order chi connectivity index (χ1) is 15.6. The van der Waals surface area contributed by atoms with Crippen LogP contribution in [0, 0.1) is 5.92 Å². The smallest absolute Gasteiger partial charge is 0.339 e. The largest absolute Gasteiger partial charge is 0.452 e. The molecule has 1 heterocycles. The van der Waals surface area contributed by atoms with Crippen LogP contribution in [0.4, 0.5) is 0 Å². The van der Waals surface area contributed by atoms with Crippen molar-refractivity contribution in [3.63, 3.8) is 0 Å². The lowest BCUT2D eigenvalue weighted by Crippen LogP contribution is -2.33. The van der Waals surface area contributed by atoms with Crippen LogP contribution in [0.25, 0.3) is 0 Å². The number of hydrogen-bond acceptors (Lipinski definition) is 5. The molecule has 1 saturated heterocycles. The molecule has 0 bridgehead atoms. The van der Waals surface area contributed by atoms with Gasteiger partial charge in [0.1, 0.15) is 0 Å². The van der Waals surface area contributed by atoms with Crippen LogP contribution in [0.3, 0.4) is 0 Å². The number of rotatable bonds is 9. The van der Waals surface area contributed by atoms with E-state index in [1.165, 1.54) is 11.8 Å². The summed E-state index contributed by atoms with van der Waals surface area (Å²) in [6.45, 7) is 1.28. The number of carbonyl (C=O) groups is 3. The highest BCUT2D eigenvalue weighted by Crippen LogP contribution is 2.40. The van der Waals surface area contributed by atoms with E-state index in [2.05, 4.69) is 5.32 Å². The summed E-state index contributed by atoms with van der Waals surface area (Å²) in [5.41, 5.74) is 1.44. The molecule has 0 spiro atoms. The summed E-state index contributed by atoms with van der Waals surface area (Å²) in [6.07, 6.45) is 4.27. The molecule has 2 fully saturated rings. The minimum atomic E-state index is -0.556. The third-order valence-electron chi connectivity index (χ3n) is 5.82. The number of thioether (sulfide) groups is 1. The third-order valence-corrected chi connectivity index (χ3v) is 6.88. The topological polar surface area (TPSA) is 75.7 Å². The van der Waals surface area contributed by atoms with Crippen LogP contribution in [0.1, 0.15) is 47.6 Å². The monoisotopic (exact) mass is 452 g/mol. The first-order valence-corrected chi connectivity index (χ1v) is 12.1. The fourth-order valence-electron chi connectivity index (χ4n) is 3.95. The van der Waals surface area contributed by atoms with Crippen molar-refractivity contribution < 1.29 is 19.1 Å². The van der Waals surface area contributed by atoms with E-state index >= 15 is 0 Å². The Bertz CT molecular complexity index is 955. The summed E-state index contributed by atoms with van der Waals surface area (Å²) in [5.74, 6) is -0.0670. The van der Waals surface area contributed by atoms with E-state index in [9.17, 15) is 14.4 Å². The van der Waals surface area contributed by atoms with Crippen LogP contribution < -0.4 is 5.32 Å². The number of ether oxygens (including phenoxy) is 1. The SMILES string of the molecule is O=C(COC(=O)c1ccccc1SCC(=O)N1CCCC1)NC(c1ccccc1)C1CC1. The van der Waals surface area contributed by atoms with Gasteiger partial charge in [-0.2, -0.15) is 0 Å². The third kappa shape index (κ3) is 5.91. The van der Waals surface area contributed by atoms with Crippen LogP contribution in [-0.2, 0) is 14.3 Å². The maximum Gasteiger partial charge on any atom is 0.339 e. The number of benzene rings is 2. The Morgan fingerprint density at radius 3 is 2.41 bits per heavy atom. The highest BCUT2D eigenvalue weighted by Gasteiger charge is 2.33. The molecular formula is C25H28N2O4S. The quantitative estimate of drug-likeness (QED) is 0.462. The molecule has 2 aromatic carbocycles. The number of esters is 1. The zero-order chi connectivity index (χ0) is 22.3. The van der Waals surface area contributed by atoms with Crippen molar-refractivity contribution in [2.75, 3.05) is 25.4 Å². The van der Waals surface area contributed by atoms with Crippen molar-refractivity contribution in [1.29, 1.82) is 0 Å². The second-order valence-corrected chi connectivity index (χ2v) is 9.26. The van der Waals surface area contributed by atoms with E-state index in [0.717, 1.165) is 44.3 Å². The summed E-state index contributed by atoms with van der Waals surface area (Å²) in [5, 5.41) is 3.02. The molecule has 2 aromatic rings. The van der Waals surface area contributed by atoms with E-state index < -0.39 is 5.97 Å². The number of hydrogen-bond donors (Lipinski definition) is 1. The van der Waals surface area contributed by atoms with Gasteiger partial charge in [-0.05, 0) is 49.3 Å². The Labute approximate surface area is 192 Å². The van der Waals surface area contributed by atoms with Gasteiger partial charge in [0.2, 0.25) is 5.91 Å². The fourth-order valence-corrected chi connectivity index (χ4v) is 4.89. The Morgan fingerprint density at radius 1 is 1.00 bits per heavy atom. The van der Waals surface area contributed by atoms with E-state index in [1.807, 2.05) is 41.3 Å². The first-order valence-electron chi connectivity index (χ1n) is 11.1. The van der Waals surface area contributed by atoms with Gasteiger partial charge >= 0.3 is 5.97 Å². The van der Waals surface area contributed by atoms with E-state index in [-0.39, 0.29) is 30.2 Å². The Hall–Kier alpha value is -2.80. The summed E-state index contributed by atoms with van der Waals surface area (Å²) in [4.78, 5) is 40.0. The molecule has 4 rings (SSSR count). The van der Waals surface area contributed by atoms with Gasteiger partial charge in [-0.15, -0.1) is 11.8 Å². The van der Waals surface area contributed by atoms with Crippen molar-refractivity contribution in [2.45, 2.75) is 36.6 Å². The molecule has 168 valence electrons. The van der Waals surface area contributed by atoms with Gasteiger partial charge in [-0.1, -0.05) is 42.5 Å². The zero-order valence-electron chi connectivity index (χ0n) is 18.0. The summed E-state index contributed by atoms with van der Waals surface area (Å²) < 4.78 is 5.31. The molecule has 6 nitrogen and oxygen atoms in total. The van der Waals surface area contributed by atoms with Crippen LogP contribution in [-0.4, -0.2) is 48.1 Å². The highest BCUT2D eigenvalue weighted by molar-refractivity contribution is 8.00. The predicted molar refractivity (Wildman–Crippen MR) is 123 cm³/mol. The minimum absolute atomic E-state index is 0.0538. The number of likely N-dealkylation sites (tertiary alicyclic amines) is 1. The fraction of sp³-hybridized carbons (Fsp3) is 0.400. The van der Waals surface area contributed by atoms with E-state index in [0.29, 0.717) is 16.4 Å². The molecule has 1 saturated carbocycles. The van der Waals surface area contributed by atoms with Gasteiger partial charge in [0, 0.05) is 18.0 Å². The van der Waals surface area contributed by atoms with Gasteiger partial charge < -0.3 is 15.0 Å². The molecule has 7 heteroatoms. The average Bonchev–Trinajstić information content (AvgIpc) is 3.52. The van der Waals surface area contributed by atoms with Gasteiger partial charge in [0.15, 0.2) is 6.61 Å². The first kappa shape index (κ1) is 22.4. The van der Waals surface area contributed by atoms with Gasteiger partial charge in [0.05, 0.1) is 17.4 Å². The molecule has 1 atom stereocenters. The normalized spacial score (nSPS) is 16.4. The van der Waals surface area contributed by atoms with Crippen LogP contribution in [0.5, 0.6) is 0 Å². The number of nitrogens with zero attached hydrogens (tertiary/aromatic N) is 1. The summed E-state index contributed by atoms with van der Waals surface area (Å²) in [6, 6.07) is 16.9. The number of amides is 2. The van der Waals surface area contributed by atoms with Crippen molar-refractivity contribution in [3.8, 4) is 0 Å². The van der Waals surface area contributed by atoms with Crippen molar-refractivity contribution in [3.05, 3.63) is 65.7 Å². The van der Waals surface area contributed by atoms with Crippen molar-refractivity contribution in [2.24, 2.45) is 5.92 Å². The molecule has 2 amide bonds. The van der Waals surface area contributed by atoms with E-state index in [4.69, 9.17) is 4.74 Å². The molecule has 32 heavy (non-hydrogen) atoms. The van der Waals surface area contributed by atoms with Crippen molar-refractivity contribution >= 4 is 29.5 Å². The maximum absolute atomic E-state index is 12.7. The molecule has 2 aliphatic rings. The molecular weight excluding hydrogens is 424 g/mol. The number of nitrogens with one attached hydrogen (secondary N) is 1. The maximum atomic E-state index is 12.7. The second kappa shape index (κ2) is 10.7. The number of carbonyl (C=O) groups excluding carboxylic acids is 3. The molecule has 0 radical (unpaired) electrons. The zero-order valence-corrected chi connectivity index (χ0v) is 18.8. The summed E-state index contributed by atoms with van der Waals surface area (Å²) in [7, 11) is 0. The summed E-state index contributed by atoms with van der Waals surface area (Å²) >= 11 is 1.33. The van der Waals surface area contributed by atoms with Gasteiger partial charge in [-0.25, -0.2) is 4.79 Å². The lowest BCUT2D eigenvalue weighted by molar-refractivity contribution is -0.127. The molecule has 1 unspecified atom stereocenters. The van der Waals surface area contributed by atoms with Crippen LogP contribution >= 0.6 is 11.8 Å². The van der Waals surface area contributed by atoms with Crippen LogP contribution in [0.15, 0.2) is 59.5 Å². The predicted octanol–water partition coefficient (Wildman–Crippen LogP) is 3.83. The molecule has 1 N–H and O–H groups in total. The standard InChI is InChI=1S/C25H28N2O4S/c28-22(26-24(19-12-13-19)18-8-2-1-3-9-18)16-31-25(30)20-10-4-5-11-21(20)32-17-23(29)27-14-6-7-15-27/h1-5,8-11,19,24H,6-7,12-17H2,(H,26,28). The average molecular weight is 453 g/mol. The second-order valence-electron chi connectivity index (χ2n) is 8.24. The van der Waals surface area contributed by atoms with E-state index in [1.54, 1.807) is 18.2 Å².